The van der Waals surface area contributed by atoms with Crippen LogP contribution >= 0.6 is 0 Å². The van der Waals surface area contributed by atoms with Gasteiger partial charge in [0.05, 0.1) is 23.5 Å². The highest BCUT2D eigenvalue weighted by Crippen LogP contribution is 2.39. The first-order chi connectivity index (χ1) is 18.1. The molecule has 1 atom stereocenters. The van der Waals surface area contributed by atoms with E-state index in [1.54, 1.807) is 40.3 Å². The molecule has 5 rings (SSSR count). The molecule has 1 saturated heterocycles. The zero-order valence-electron chi connectivity index (χ0n) is 21.3. The standard InChI is InChI=1S/C27H28F3N7O/c1-35(2)20-10-11-37(16-20)24-9-8-19(12-23(24)27(28,29)30)34-26(38)33-18-6-4-17(5-7-18)21-13-31-15-25-22(21)14-32-36(25)3/h4-9,12-15,20H,10-11,16H2,1-3H3,(H2,33,34,38)/t20-/m1/s1. The van der Waals surface area contributed by atoms with Gasteiger partial charge in [-0.05, 0) is 56.4 Å². The number of pyridine rings is 1. The zero-order chi connectivity index (χ0) is 27.0. The number of hydrogen-bond donors (Lipinski definition) is 2. The number of halogens is 3. The number of fused-ring (bicyclic) bond motifs is 1. The summed E-state index contributed by atoms with van der Waals surface area (Å²) < 4.78 is 43.5. The van der Waals surface area contributed by atoms with Crippen molar-refractivity contribution >= 4 is 34.0 Å². The lowest BCUT2D eigenvalue weighted by Crippen LogP contribution is -2.32. The van der Waals surface area contributed by atoms with Crippen molar-refractivity contribution in [2.75, 3.05) is 42.7 Å². The molecule has 4 aromatic rings. The number of aromatic nitrogens is 3. The molecule has 11 heteroatoms. The van der Waals surface area contributed by atoms with Gasteiger partial charge in [0, 0.05) is 60.4 Å². The molecule has 0 radical (unpaired) electrons. The van der Waals surface area contributed by atoms with Crippen LogP contribution in [0.5, 0.6) is 0 Å². The summed E-state index contributed by atoms with van der Waals surface area (Å²) in [4.78, 5) is 20.6. The van der Waals surface area contributed by atoms with Crippen molar-refractivity contribution in [1.29, 1.82) is 0 Å². The molecule has 0 unspecified atom stereocenters. The van der Waals surface area contributed by atoms with E-state index in [-0.39, 0.29) is 17.4 Å². The van der Waals surface area contributed by atoms with Gasteiger partial charge >= 0.3 is 12.2 Å². The van der Waals surface area contributed by atoms with Crippen molar-refractivity contribution in [3.05, 3.63) is 66.6 Å². The fourth-order valence-electron chi connectivity index (χ4n) is 4.81. The zero-order valence-corrected chi connectivity index (χ0v) is 21.3. The number of alkyl halides is 3. The molecule has 1 aliphatic rings. The van der Waals surface area contributed by atoms with Gasteiger partial charge in [0.2, 0.25) is 0 Å². The van der Waals surface area contributed by atoms with Crippen LogP contribution in [-0.4, -0.2) is 58.9 Å². The molecule has 38 heavy (non-hydrogen) atoms. The summed E-state index contributed by atoms with van der Waals surface area (Å²) in [6.45, 7) is 1.06. The van der Waals surface area contributed by atoms with Crippen molar-refractivity contribution < 1.29 is 18.0 Å². The van der Waals surface area contributed by atoms with Gasteiger partial charge < -0.3 is 20.4 Å². The Kier molecular flexibility index (Phi) is 6.70. The average Bonchev–Trinajstić information content (AvgIpc) is 3.52. The Morgan fingerprint density at radius 1 is 1.03 bits per heavy atom. The highest BCUT2D eigenvalue weighted by Gasteiger charge is 2.37. The normalized spacial score (nSPS) is 15.9. The molecule has 0 saturated carbocycles. The predicted molar refractivity (Wildman–Crippen MR) is 142 cm³/mol. The van der Waals surface area contributed by atoms with E-state index in [0.717, 1.165) is 34.5 Å². The fraction of sp³-hybridized carbons (Fsp3) is 0.296. The van der Waals surface area contributed by atoms with Crippen LogP contribution in [0, 0.1) is 0 Å². The number of aryl methyl sites for hydroxylation is 1. The average molecular weight is 524 g/mol. The predicted octanol–water partition coefficient (Wildman–Crippen LogP) is 5.44. The molecule has 1 aliphatic heterocycles. The highest BCUT2D eigenvalue weighted by molar-refractivity contribution is 6.00. The number of nitrogens with zero attached hydrogens (tertiary/aromatic N) is 5. The SMILES string of the molecule is CN(C)[C@@H]1CCN(c2ccc(NC(=O)Nc3ccc(-c4cncc5c4cnn5C)cc3)cc2C(F)(F)F)C1. The van der Waals surface area contributed by atoms with Crippen LogP contribution in [0.2, 0.25) is 0 Å². The minimum atomic E-state index is -4.55. The number of carbonyl (C=O) groups is 1. The van der Waals surface area contributed by atoms with Gasteiger partial charge in [-0.2, -0.15) is 18.3 Å². The van der Waals surface area contributed by atoms with Crippen LogP contribution in [-0.2, 0) is 13.2 Å². The Morgan fingerprint density at radius 3 is 2.42 bits per heavy atom. The van der Waals surface area contributed by atoms with Crippen LogP contribution in [0.1, 0.15) is 12.0 Å². The van der Waals surface area contributed by atoms with Crippen LogP contribution in [0.3, 0.4) is 0 Å². The Hall–Kier alpha value is -4.12. The van der Waals surface area contributed by atoms with Gasteiger partial charge in [-0.15, -0.1) is 0 Å². The molecule has 3 heterocycles. The van der Waals surface area contributed by atoms with Crippen LogP contribution in [0.15, 0.2) is 61.1 Å². The maximum Gasteiger partial charge on any atom is 0.418 e. The maximum atomic E-state index is 13.9. The van der Waals surface area contributed by atoms with E-state index in [2.05, 4.69) is 20.7 Å². The molecule has 2 aromatic carbocycles. The molecule has 1 fully saturated rings. The van der Waals surface area contributed by atoms with Crippen LogP contribution in [0.4, 0.5) is 35.0 Å². The second-order valence-electron chi connectivity index (χ2n) is 9.63. The third-order valence-corrected chi connectivity index (χ3v) is 6.92. The number of anilines is 3. The van der Waals surface area contributed by atoms with Gasteiger partial charge in [0.25, 0.3) is 0 Å². The van der Waals surface area contributed by atoms with E-state index in [1.165, 1.54) is 12.1 Å². The maximum absolute atomic E-state index is 13.9. The first kappa shape index (κ1) is 25.5. The molecule has 2 N–H and O–H groups in total. The van der Waals surface area contributed by atoms with Gasteiger partial charge in [0.15, 0.2) is 0 Å². The number of likely N-dealkylation sites (N-methyl/N-ethyl adjacent to an activating group) is 1. The topological polar surface area (TPSA) is 78.3 Å². The Balaban J connectivity index is 1.29. The fourth-order valence-corrected chi connectivity index (χ4v) is 4.81. The minimum Gasteiger partial charge on any atom is -0.369 e. The lowest BCUT2D eigenvalue weighted by atomic mass is 10.0. The number of carbonyl (C=O) groups excluding carboxylic acids is 1. The van der Waals surface area contributed by atoms with Gasteiger partial charge in [-0.1, -0.05) is 12.1 Å². The molecule has 0 aliphatic carbocycles. The largest absolute Gasteiger partial charge is 0.418 e. The quantitative estimate of drug-likeness (QED) is 0.364. The van der Waals surface area contributed by atoms with Crippen LogP contribution < -0.4 is 15.5 Å². The van der Waals surface area contributed by atoms with Crippen molar-refractivity contribution in [3.8, 4) is 11.1 Å². The summed E-state index contributed by atoms with van der Waals surface area (Å²) >= 11 is 0. The number of amides is 2. The molecule has 0 bridgehead atoms. The van der Waals surface area contributed by atoms with Gasteiger partial charge in [-0.25, -0.2) is 4.79 Å². The third-order valence-electron chi connectivity index (χ3n) is 6.92. The summed E-state index contributed by atoms with van der Waals surface area (Å²) in [6, 6.07) is 10.6. The number of hydrogen-bond acceptors (Lipinski definition) is 5. The minimum absolute atomic E-state index is 0.0629. The van der Waals surface area contributed by atoms with Gasteiger partial charge in [0.1, 0.15) is 0 Å². The molecule has 2 aromatic heterocycles. The van der Waals surface area contributed by atoms with E-state index in [1.807, 2.05) is 38.2 Å². The van der Waals surface area contributed by atoms with E-state index in [4.69, 9.17) is 0 Å². The Bertz CT molecular complexity index is 1460. The molecule has 8 nitrogen and oxygen atoms in total. The Morgan fingerprint density at radius 2 is 1.74 bits per heavy atom. The highest BCUT2D eigenvalue weighted by atomic mass is 19.4. The third kappa shape index (κ3) is 5.14. The second kappa shape index (κ2) is 9.97. The summed E-state index contributed by atoms with van der Waals surface area (Å²) in [5.41, 5.74) is 2.62. The molecule has 2 amide bonds. The number of rotatable bonds is 5. The first-order valence-electron chi connectivity index (χ1n) is 12.2. The summed E-state index contributed by atoms with van der Waals surface area (Å²) in [6.07, 6.45) is 1.51. The van der Waals surface area contributed by atoms with E-state index in [9.17, 15) is 18.0 Å². The molecule has 198 valence electrons. The molecule has 0 spiro atoms. The summed E-state index contributed by atoms with van der Waals surface area (Å²) in [5.74, 6) is 0. The van der Waals surface area contributed by atoms with E-state index >= 15 is 0 Å². The molecular weight excluding hydrogens is 495 g/mol. The number of urea groups is 1. The number of benzene rings is 2. The van der Waals surface area contributed by atoms with Gasteiger partial charge in [-0.3, -0.25) is 9.67 Å². The first-order valence-corrected chi connectivity index (χ1v) is 12.2. The van der Waals surface area contributed by atoms with Crippen molar-refractivity contribution in [2.45, 2.75) is 18.6 Å². The van der Waals surface area contributed by atoms with Crippen molar-refractivity contribution in [1.82, 2.24) is 19.7 Å². The number of nitrogens with one attached hydrogen (secondary N) is 2. The smallest absolute Gasteiger partial charge is 0.369 e. The van der Waals surface area contributed by atoms with Crippen molar-refractivity contribution in [2.24, 2.45) is 7.05 Å². The van der Waals surface area contributed by atoms with Crippen molar-refractivity contribution in [3.63, 3.8) is 0 Å². The van der Waals surface area contributed by atoms with E-state index < -0.39 is 17.8 Å². The summed E-state index contributed by atoms with van der Waals surface area (Å²) in [5, 5.41) is 10.4. The lowest BCUT2D eigenvalue weighted by molar-refractivity contribution is -0.137. The van der Waals surface area contributed by atoms with E-state index in [0.29, 0.717) is 18.8 Å². The van der Waals surface area contributed by atoms with Crippen LogP contribution in [0.25, 0.3) is 22.0 Å². The lowest BCUT2D eigenvalue weighted by Gasteiger charge is -2.25. The second-order valence-corrected chi connectivity index (χ2v) is 9.63. The monoisotopic (exact) mass is 523 g/mol. The summed E-state index contributed by atoms with van der Waals surface area (Å²) in [7, 11) is 5.70. The molecular formula is C27H28F3N7O. The Labute approximate surface area is 218 Å².